The molecule has 0 bridgehead atoms. The molecule has 2 aromatic heterocycles. The van der Waals surface area contributed by atoms with Crippen LogP contribution in [0.1, 0.15) is 61.7 Å². The van der Waals surface area contributed by atoms with Crippen LogP contribution in [0.3, 0.4) is 0 Å². The SMILES string of the molecule is CC(=O)N(CCc1noc(C(C)C)n1)C1CCCN(C(=O)c2cncn2C)C1. The molecule has 0 radical (unpaired) electrons. The van der Waals surface area contributed by atoms with Gasteiger partial charge < -0.3 is 18.9 Å². The Morgan fingerprint density at radius 3 is 2.79 bits per heavy atom. The maximum absolute atomic E-state index is 12.8. The monoisotopic (exact) mass is 388 g/mol. The number of hydrogen-bond acceptors (Lipinski definition) is 6. The number of aryl methyl sites for hydroxylation is 1. The van der Waals surface area contributed by atoms with Crippen molar-refractivity contribution in [1.29, 1.82) is 0 Å². The van der Waals surface area contributed by atoms with Gasteiger partial charge in [0.2, 0.25) is 11.8 Å². The lowest BCUT2D eigenvalue weighted by molar-refractivity contribution is -0.132. The summed E-state index contributed by atoms with van der Waals surface area (Å²) in [5.74, 6) is 1.33. The quantitative estimate of drug-likeness (QED) is 0.746. The number of nitrogens with zero attached hydrogens (tertiary/aromatic N) is 6. The molecule has 3 rings (SSSR count). The largest absolute Gasteiger partial charge is 0.339 e. The predicted octanol–water partition coefficient (Wildman–Crippen LogP) is 1.62. The van der Waals surface area contributed by atoms with Crippen LogP contribution in [0, 0.1) is 0 Å². The van der Waals surface area contributed by atoms with Gasteiger partial charge in [-0.05, 0) is 12.8 Å². The Morgan fingerprint density at radius 1 is 1.39 bits per heavy atom. The van der Waals surface area contributed by atoms with E-state index in [9.17, 15) is 9.59 Å². The first-order chi connectivity index (χ1) is 13.4. The Bertz CT molecular complexity index is 827. The van der Waals surface area contributed by atoms with Crippen LogP contribution >= 0.6 is 0 Å². The number of hydrogen-bond donors (Lipinski definition) is 0. The summed E-state index contributed by atoms with van der Waals surface area (Å²) in [5.41, 5.74) is 0.558. The molecule has 3 heterocycles. The highest BCUT2D eigenvalue weighted by atomic mass is 16.5. The second kappa shape index (κ2) is 8.53. The van der Waals surface area contributed by atoms with E-state index in [-0.39, 0.29) is 23.8 Å². The third kappa shape index (κ3) is 4.40. The standard InChI is InChI=1S/C19H28N6O3/c1-13(2)18-21-17(22-28-18)7-9-25(14(3)26)15-6-5-8-24(11-15)19(27)16-10-20-12-23(16)4/h10,12-13,15H,5-9,11H2,1-4H3. The Kier molecular flexibility index (Phi) is 6.11. The van der Waals surface area contributed by atoms with Crippen LogP contribution in [0.5, 0.6) is 0 Å². The normalized spacial score (nSPS) is 17.2. The smallest absolute Gasteiger partial charge is 0.272 e. The summed E-state index contributed by atoms with van der Waals surface area (Å²) >= 11 is 0. The van der Waals surface area contributed by atoms with E-state index in [1.54, 1.807) is 31.1 Å². The number of likely N-dealkylation sites (tertiary alicyclic amines) is 1. The van der Waals surface area contributed by atoms with Crippen LogP contribution in [0.4, 0.5) is 0 Å². The Hall–Kier alpha value is -2.71. The van der Waals surface area contributed by atoms with E-state index < -0.39 is 0 Å². The zero-order chi connectivity index (χ0) is 20.3. The molecule has 1 atom stereocenters. The Labute approximate surface area is 164 Å². The van der Waals surface area contributed by atoms with Gasteiger partial charge in [-0.3, -0.25) is 9.59 Å². The van der Waals surface area contributed by atoms with Crippen LogP contribution in [-0.4, -0.2) is 67.0 Å². The number of rotatable bonds is 6. The summed E-state index contributed by atoms with van der Waals surface area (Å²) in [4.78, 5) is 37.1. The van der Waals surface area contributed by atoms with Crippen molar-refractivity contribution in [2.24, 2.45) is 7.05 Å². The van der Waals surface area contributed by atoms with E-state index in [4.69, 9.17) is 4.52 Å². The molecule has 0 aliphatic carbocycles. The minimum Gasteiger partial charge on any atom is -0.339 e. The number of carbonyl (C=O) groups excluding carboxylic acids is 2. The fourth-order valence-corrected chi connectivity index (χ4v) is 3.54. The molecule has 9 nitrogen and oxygen atoms in total. The van der Waals surface area contributed by atoms with E-state index in [2.05, 4.69) is 15.1 Å². The maximum atomic E-state index is 12.8. The molecule has 1 saturated heterocycles. The van der Waals surface area contributed by atoms with Crippen LogP contribution in [0.2, 0.25) is 0 Å². The molecule has 28 heavy (non-hydrogen) atoms. The average molecular weight is 388 g/mol. The lowest BCUT2D eigenvalue weighted by Gasteiger charge is -2.39. The third-order valence-corrected chi connectivity index (χ3v) is 5.12. The highest BCUT2D eigenvalue weighted by Crippen LogP contribution is 2.19. The van der Waals surface area contributed by atoms with E-state index in [0.29, 0.717) is 43.5 Å². The van der Waals surface area contributed by atoms with E-state index in [1.165, 1.54) is 0 Å². The second-order valence-corrected chi connectivity index (χ2v) is 7.60. The van der Waals surface area contributed by atoms with E-state index >= 15 is 0 Å². The third-order valence-electron chi connectivity index (χ3n) is 5.12. The van der Waals surface area contributed by atoms with Crippen molar-refractivity contribution in [2.75, 3.05) is 19.6 Å². The van der Waals surface area contributed by atoms with Gasteiger partial charge in [0, 0.05) is 52.0 Å². The fraction of sp³-hybridized carbons (Fsp3) is 0.632. The highest BCUT2D eigenvalue weighted by Gasteiger charge is 2.30. The van der Waals surface area contributed by atoms with Gasteiger partial charge in [0.1, 0.15) is 5.69 Å². The summed E-state index contributed by atoms with van der Waals surface area (Å²) in [5, 5.41) is 4.00. The molecule has 1 unspecified atom stereocenters. The van der Waals surface area contributed by atoms with Crippen molar-refractivity contribution in [1.82, 2.24) is 29.5 Å². The Morgan fingerprint density at radius 2 is 2.18 bits per heavy atom. The van der Waals surface area contributed by atoms with Gasteiger partial charge >= 0.3 is 0 Å². The molecule has 0 spiro atoms. The van der Waals surface area contributed by atoms with Gasteiger partial charge in [-0.1, -0.05) is 19.0 Å². The molecule has 2 aromatic rings. The molecular weight excluding hydrogens is 360 g/mol. The molecule has 0 aromatic carbocycles. The minimum absolute atomic E-state index is 0.00703. The molecule has 1 aliphatic rings. The summed E-state index contributed by atoms with van der Waals surface area (Å²) in [6.45, 7) is 7.27. The first-order valence-electron chi connectivity index (χ1n) is 9.72. The van der Waals surface area contributed by atoms with Crippen molar-refractivity contribution in [3.05, 3.63) is 29.9 Å². The van der Waals surface area contributed by atoms with E-state index in [0.717, 1.165) is 12.8 Å². The molecule has 1 fully saturated rings. The van der Waals surface area contributed by atoms with Crippen molar-refractivity contribution in [3.8, 4) is 0 Å². The number of amides is 2. The predicted molar refractivity (Wildman–Crippen MR) is 102 cm³/mol. The highest BCUT2D eigenvalue weighted by molar-refractivity contribution is 5.92. The summed E-state index contributed by atoms with van der Waals surface area (Å²) < 4.78 is 6.96. The number of aromatic nitrogens is 4. The minimum atomic E-state index is -0.0482. The van der Waals surface area contributed by atoms with Crippen molar-refractivity contribution >= 4 is 11.8 Å². The van der Waals surface area contributed by atoms with Gasteiger partial charge in [-0.15, -0.1) is 0 Å². The van der Waals surface area contributed by atoms with Crippen LogP contribution in [0.25, 0.3) is 0 Å². The molecular formula is C19H28N6O3. The van der Waals surface area contributed by atoms with Gasteiger partial charge in [0.05, 0.1) is 12.5 Å². The average Bonchev–Trinajstić information content (AvgIpc) is 3.30. The van der Waals surface area contributed by atoms with E-state index in [1.807, 2.05) is 23.6 Å². The van der Waals surface area contributed by atoms with Crippen molar-refractivity contribution < 1.29 is 14.1 Å². The Balaban J connectivity index is 1.65. The second-order valence-electron chi connectivity index (χ2n) is 7.60. The van der Waals surface area contributed by atoms with Gasteiger partial charge in [-0.2, -0.15) is 4.98 Å². The lowest BCUT2D eigenvalue weighted by atomic mass is 10.0. The van der Waals surface area contributed by atoms with Crippen LogP contribution in [-0.2, 0) is 18.3 Å². The van der Waals surface area contributed by atoms with Gasteiger partial charge in [0.25, 0.3) is 5.91 Å². The number of piperidine rings is 1. The van der Waals surface area contributed by atoms with Crippen molar-refractivity contribution in [2.45, 2.75) is 52.0 Å². The lowest BCUT2D eigenvalue weighted by Crippen LogP contribution is -2.52. The molecule has 1 aliphatic heterocycles. The zero-order valence-corrected chi connectivity index (χ0v) is 17.0. The first kappa shape index (κ1) is 20.0. The number of imidazole rings is 1. The number of carbonyl (C=O) groups is 2. The zero-order valence-electron chi connectivity index (χ0n) is 17.0. The molecule has 0 saturated carbocycles. The molecule has 0 N–H and O–H groups in total. The van der Waals surface area contributed by atoms with Crippen molar-refractivity contribution in [3.63, 3.8) is 0 Å². The summed E-state index contributed by atoms with van der Waals surface area (Å²) in [7, 11) is 1.81. The topological polar surface area (TPSA) is 97.4 Å². The molecule has 152 valence electrons. The van der Waals surface area contributed by atoms with Gasteiger partial charge in [-0.25, -0.2) is 4.98 Å². The van der Waals surface area contributed by atoms with Crippen LogP contribution in [0.15, 0.2) is 17.0 Å². The molecule has 9 heteroatoms. The van der Waals surface area contributed by atoms with Crippen LogP contribution < -0.4 is 0 Å². The summed E-state index contributed by atoms with van der Waals surface area (Å²) in [6.07, 6.45) is 5.46. The fourth-order valence-electron chi connectivity index (χ4n) is 3.54. The first-order valence-corrected chi connectivity index (χ1v) is 9.72. The van der Waals surface area contributed by atoms with Gasteiger partial charge in [0.15, 0.2) is 5.82 Å². The maximum Gasteiger partial charge on any atom is 0.272 e. The molecule has 2 amide bonds. The summed E-state index contributed by atoms with van der Waals surface area (Å²) in [6, 6.07) is -0.0140.